The molecule has 1 aromatic carbocycles. The van der Waals surface area contributed by atoms with Crippen LogP contribution in [0, 0.1) is 6.92 Å². The van der Waals surface area contributed by atoms with E-state index in [1.54, 1.807) is 18.2 Å². The molecule has 0 saturated carbocycles. The van der Waals surface area contributed by atoms with E-state index in [1.165, 1.54) is 20.8 Å². The molecule has 0 amide bonds. The minimum atomic E-state index is -3.73. The second kappa shape index (κ2) is 6.08. The Bertz CT molecular complexity index is 750. The Morgan fingerprint density at radius 3 is 2.04 bits per heavy atom. The van der Waals surface area contributed by atoms with Gasteiger partial charge in [0.15, 0.2) is 9.84 Å². The number of aliphatic hydroxyl groups is 1. The normalized spacial score (nSPS) is 21.4. The van der Waals surface area contributed by atoms with Crippen molar-refractivity contribution in [1.82, 2.24) is 0 Å². The van der Waals surface area contributed by atoms with Crippen LogP contribution in [0.25, 0.3) is 0 Å². The highest BCUT2D eigenvalue weighted by molar-refractivity contribution is 7.92. The predicted octanol–water partition coefficient (Wildman–Crippen LogP) is 2.23. The smallest absolute Gasteiger partial charge is 0.399 e. The van der Waals surface area contributed by atoms with Gasteiger partial charge in [-0.05, 0) is 73.0 Å². The predicted molar refractivity (Wildman–Crippen MR) is 99.8 cm³/mol. The van der Waals surface area contributed by atoms with Crippen molar-refractivity contribution in [1.29, 1.82) is 0 Å². The maximum atomic E-state index is 13.0. The van der Waals surface area contributed by atoms with Gasteiger partial charge < -0.3 is 14.4 Å². The van der Waals surface area contributed by atoms with Gasteiger partial charge in [-0.2, -0.15) is 0 Å². The van der Waals surface area contributed by atoms with Crippen molar-refractivity contribution in [2.75, 3.05) is 0 Å². The Labute approximate surface area is 151 Å². The van der Waals surface area contributed by atoms with Crippen LogP contribution in [-0.4, -0.2) is 42.7 Å². The van der Waals surface area contributed by atoms with Crippen molar-refractivity contribution in [2.24, 2.45) is 0 Å². The molecule has 0 spiro atoms. The monoisotopic (exact) mass is 368 g/mol. The zero-order valence-electron chi connectivity index (χ0n) is 16.4. The lowest BCUT2D eigenvalue weighted by atomic mass is 9.76. The molecule has 1 heterocycles. The summed E-state index contributed by atoms with van der Waals surface area (Å²) in [4.78, 5) is 0.161. The lowest BCUT2D eigenvalue weighted by Crippen LogP contribution is -2.43. The van der Waals surface area contributed by atoms with Crippen LogP contribution in [0.2, 0.25) is 0 Å². The molecule has 1 unspecified atom stereocenters. The van der Waals surface area contributed by atoms with E-state index in [4.69, 9.17) is 9.31 Å². The van der Waals surface area contributed by atoms with Gasteiger partial charge in [0.05, 0.1) is 26.9 Å². The van der Waals surface area contributed by atoms with E-state index in [-0.39, 0.29) is 4.90 Å². The second-order valence-corrected chi connectivity index (χ2v) is 10.9. The van der Waals surface area contributed by atoms with Crippen molar-refractivity contribution < 1.29 is 22.8 Å². The van der Waals surface area contributed by atoms with Crippen molar-refractivity contribution in [3.8, 4) is 0 Å². The molecule has 1 fully saturated rings. The molecular weight excluding hydrogens is 339 g/mol. The summed E-state index contributed by atoms with van der Waals surface area (Å²) in [5, 5.41) is 9.92. The van der Waals surface area contributed by atoms with Gasteiger partial charge in [0.25, 0.3) is 0 Å². The van der Waals surface area contributed by atoms with Crippen molar-refractivity contribution >= 4 is 22.4 Å². The molecule has 0 bridgehead atoms. The number of hydrogen-bond donors (Lipinski definition) is 1. The second-order valence-electron chi connectivity index (χ2n) is 8.39. The standard InChI is InChI=1S/C18H29BO5S/c1-12-9-10-14(25(21,22)16(3,4)13(2)20)11-15(12)19-23-17(5,6)18(7,8)24-19/h9-11,13,20H,1-8H3. The summed E-state index contributed by atoms with van der Waals surface area (Å²) >= 11 is 0. The van der Waals surface area contributed by atoms with Gasteiger partial charge in [-0.1, -0.05) is 11.6 Å². The van der Waals surface area contributed by atoms with Crippen LogP contribution < -0.4 is 5.46 Å². The van der Waals surface area contributed by atoms with Crippen LogP contribution in [0.5, 0.6) is 0 Å². The van der Waals surface area contributed by atoms with Crippen LogP contribution >= 0.6 is 0 Å². The number of benzene rings is 1. The Morgan fingerprint density at radius 1 is 1.12 bits per heavy atom. The molecular formula is C18H29BO5S. The van der Waals surface area contributed by atoms with Gasteiger partial charge in [0.2, 0.25) is 0 Å². The van der Waals surface area contributed by atoms with Crippen LogP contribution in [0.15, 0.2) is 23.1 Å². The average Bonchev–Trinajstić information content (AvgIpc) is 2.67. The maximum Gasteiger partial charge on any atom is 0.495 e. The van der Waals surface area contributed by atoms with E-state index < -0.39 is 39.0 Å². The third-order valence-corrected chi connectivity index (χ3v) is 8.37. The lowest BCUT2D eigenvalue weighted by Gasteiger charge is -2.32. The fourth-order valence-corrected chi connectivity index (χ4v) is 4.12. The zero-order chi connectivity index (χ0) is 19.4. The van der Waals surface area contributed by atoms with Crippen LogP contribution in [0.4, 0.5) is 0 Å². The van der Waals surface area contributed by atoms with Gasteiger partial charge >= 0.3 is 7.12 Å². The van der Waals surface area contributed by atoms with Gasteiger partial charge in [-0.25, -0.2) is 8.42 Å². The van der Waals surface area contributed by atoms with Crippen molar-refractivity contribution in [3.63, 3.8) is 0 Å². The Balaban J connectivity index is 2.50. The van der Waals surface area contributed by atoms with E-state index in [9.17, 15) is 13.5 Å². The number of rotatable bonds is 4. The highest BCUT2D eigenvalue weighted by Crippen LogP contribution is 2.37. The molecule has 0 aliphatic carbocycles. The summed E-state index contributed by atoms with van der Waals surface area (Å²) < 4.78 is 36.8. The lowest BCUT2D eigenvalue weighted by molar-refractivity contribution is 0.00578. The van der Waals surface area contributed by atoms with Gasteiger partial charge in [-0.15, -0.1) is 0 Å². The molecule has 0 aromatic heterocycles. The first-order chi connectivity index (χ1) is 11.1. The fraction of sp³-hybridized carbons (Fsp3) is 0.667. The molecule has 1 aliphatic heterocycles. The van der Waals surface area contributed by atoms with Gasteiger partial charge in [0.1, 0.15) is 0 Å². The molecule has 1 aliphatic rings. The van der Waals surface area contributed by atoms with Crippen LogP contribution in [0.3, 0.4) is 0 Å². The number of sulfone groups is 1. The first kappa shape index (κ1) is 20.4. The summed E-state index contributed by atoms with van der Waals surface area (Å²) in [5.74, 6) is 0. The van der Waals surface area contributed by atoms with E-state index in [0.717, 1.165) is 5.56 Å². The van der Waals surface area contributed by atoms with Gasteiger partial charge in [0, 0.05) is 0 Å². The largest absolute Gasteiger partial charge is 0.495 e. The Morgan fingerprint density at radius 2 is 1.60 bits per heavy atom. The van der Waals surface area contributed by atoms with E-state index in [0.29, 0.717) is 5.46 Å². The molecule has 25 heavy (non-hydrogen) atoms. The van der Waals surface area contributed by atoms with Crippen LogP contribution in [0.1, 0.15) is 54.0 Å². The average molecular weight is 368 g/mol. The molecule has 1 aromatic rings. The molecule has 2 rings (SSSR count). The SMILES string of the molecule is Cc1ccc(S(=O)(=O)C(C)(C)C(C)O)cc1B1OC(C)(C)C(C)(C)O1. The summed E-state index contributed by atoms with van der Waals surface area (Å²) in [6.45, 7) is 14.3. The molecule has 1 saturated heterocycles. The number of aliphatic hydroxyl groups excluding tert-OH is 1. The Hall–Kier alpha value is -0.885. The summed E-state index contributed by atoms with van der Waals surface area (Å²) in [7, 11) is -4.36. The maximum absolute atomic E-state index is 13.0. The first-order valence-electron chi connectivity index (χ1n) is 8.52. The zero-order valence-corrected chi connectivity index (χ0v) is 17.2. The molecule has 5 nitrogen and oxygen atoms in total. The summed E-state index contributed by atoms with van der Waals surface area (Å²) in [5.41, 5.74) is 0.587. The molecule has 1 N–H and O–H groups in total. The summed E-state index contributed by atoms with van der Waals surface area (Å²) in [6, 6.07) is 4.94. The molecule has 140 valence electrons. The van der Waals surface area contributed by atoms with Crippen molar-refractivity contribution in [2.45, 2.75) is 82.3 Å². The minimum absolute atomic E-state index is 0.161. The van der Waals surface area contributed by atoms with E-state index in [2.05, 4.69) is 0 Å². The minimum Gasteiger partial charge on any atom is -0.399 e. The van der Waals surface area contributed by atoms with Gasteiger partial charge in [-0.3, -0.25) is 0 Å². The van der Waals surface area contributed by atoms with E-state index in [1.807, 2.05) is 34.6 Å². The Kier molecular flexibility index (Phi) is 4.97. The topological polar surface area (TPSA) is 72.8 Å². The first-order valence-corrected chi connectivity index (χ1v) is 10.0. The highest BCUT2D eigenvalue weighted by Gasteiger charge is 2.52. The number of hydrogen-bond acceptors (Lipinski definition) is 5. The molecule has 0 radical (unpaired) electrons. The van der Waals surface area contributed by atoms with E-state index >= 15 is 0 Å². The van der Waals surface area contributed by atoms with Crippen molar-refractivity contribution in [3.05, 3.63) is 23.8 Å². The van der Waals surface area contributed by atoms with Crippen LogP contribution in [-0.2, 0) is 19.1 Å². The summed E-state index contributed by atoms with van der Waals surface area (Å²) in [6.07, 6.45) is -1.00. The number of aryl methyl sites for hydroxylation is 1. The molecule has 7 heteroatoms. The molecule has 1 atom stereocenters. The third kappa shape index (κ3) is 3.27. The third-order valence-electron chi connectivity index (χ3n) is 5.77. The fourth-order valence-electron chi connectivity index (χ4n) is 2.54. The quantitative estimate of drug-likeness (QED) is 0.826. The highest BCUT2D eigenvalue weighted by atomic mass is 32.2.